The number of ether oxygens (including phenoxy) is 1. The normalized spacial score (nSPS) is 24.8. The molecule has 0 unspecified atom stereocenters. The molecule has 1 spiro atoms. The minimum absolute atomic E-state index is 0.00777. The molecule has 1 aliphatic heterocycles. The van der Waals surface area contributed by atoms with Crippen LogP contribution in [0.1, 0.15) is 19.3 Å². The molecule has 2 heterocycles. The molecule has 0 bridgehead atoms. The second-order valence-corrected chi connectivity index (χ2v) is 7.23. The van der Waals surface area contributed by atoms with Crippen LogP contribution in [0.2, 0.25) is 0 Å². The second kappa shape index (κ2) is 6.94. The molecule has 1 saturated heterocycles. The molecule has 8 nitrogen and oxygen atoms in total. The Hall–Kier alpha value is -2.03. The van der Waals surface area contributed by atoms with Crippen molar-refractivity contribution in [2.75, 3.05) is 26.2 Å². The minimum Gasteiger partial charge on any atom is -0.392 e. The third-order valence-electron chi connectivity index (χ3n) is 5.83. The summed E-state index contributed by atoms with van der Waals surface area (Å²) in [5.74, 6) is 0.00777. The van der Waals surface area contributed by atoms with Crippen molar-refractivity contribution >= 4 is 16.9 Å². The monoisotopic (exact) mass is 359 g/mol. The summed E-state index contributed by atoms with van der Waals surface area (Å²) < 4.78 is 5.80. The molecular formula is C18H25N5O3. The quantitative estimate of drug-likeness (QED) is 0.787. The summed E-state index contributed by atoms with van der Waals surface area (Å²) in [6.45, 7) is 2.38. The number of likely N-dealkylation sites (tertiary alicyclic amines) is 1. The van der Waals surface area contributed by atoms with E-state index in [1.54, 1.807) is 0 Å². The van der Waals surface area contributed by atoms with Gasteiger partial charge in [-0.3, -0.25) is 4.79 Å². The van der Waals surface area contributed by atoms with E-state index < -0.39 is 0 Å². The first-order chi connectivity index (χ1) is 12.6. The van der Waals surface area contributed by atoms with Gasteiger partial charge < -0.3 is 20.5 Å². The Bertz CT molecular complexity index is 751. The third kappa shape index (κ3) is 2.98. The molecular weight excluding hydrogens is 334 g/mol. The molecule has 2 fully saturated rings. The maximum atomic E-state index is 12.6. The summed E-state index contributed by atoms with van der Waals surface area (Å²) in [6.07, 6.45) is 1.88. The van der Waals surface area contributed by atoms with Crippen LogP contribution in [0.15, 0.2) is 24.3 Å². The Morgan fingerprint density at radius 1 is 1.27 bits per heavy atom. The fourth-order valence-electron chi connectivity index (χ4n) is 4.19. The van der Waals surface area contributed by atoms with Crippen molar-refractivity contribution in [3.63, 3.8) is 0 Å². The summed E-state index contributed by atoms with van der Waals surface area (Å²) in [7, 11) is 0. The van der Waals surface area contributed by atoms with Gasteiger partial charge in [0.15, 0.2) is 0 Å². The number of hydrogen-bond donors (Lipinski definition) is 2. The van der Waals surface area contributed by atoms with E-state index in [0.717, 1.165) is 23.9 Å². The molecule has 3 N–H and O–H groups in total. The van der Waals surface area contributed by atoms with Crippen LogP contribution in [0.4, 0.5) is 0 Å². The Morgan fingerprint density at radius 2 is 1.92 bits per heavy atom. The molecule has 8 heteroatoms. The van der Waals surface area contributed by atoms with Gasteiger partial charge in [-0.15, -0.1) is 0 Å². The van der Waals surface area contributed by atoms with Crippen molar-refractivity contribution < 1.29 is 14.6 Å². The molecule has 140 valence electrons. The molecule has 1 amide bonds. The summed E-state index contributed by atoms with van der Waals surface area (Å²) >= 11 is 0. The van der Waals surface area contributed by atoms with Crippen LogP contribution < -0.4 is 5.73 Å². The number of hydrogen-bond acceptors (Lipinski definition) is 6. The van der Waals surface area contributed by atoms with Gasteiger partial charge in [0, 0.05) is 31.5 Å². The number of benzene rings is 1. The molecule has 2 atom stereocenters. The van der Waals surface area contributed by atoms with Crippen LogP contribution in [0.3, 0.4) is 0 Å². The Kier molecular flexibility index (Phi) is 4.64. The van der Waals surface area contributed by atoms with E-state index in [2.05, 4.69) is 10.2 Å². The number of aliphatic hydroxyl groups is 1. The van der Waals surface area contributed by atoms with Crippen LogP contribution in [-0.2, 0) is 16.1 Å². The summed E-state index contributed by atoms with van der Waals surface area (Å²) in [5.41, 5.74) is 6.87. The van der Waals surface area contributed by atoms with Crippen LogP contribution in [0.5, 0.6) is 0 Å². The van der Waals surface area contributed by atoms with E-state index in [4.69, 9.17) is 10.5 Å². The maximum Gasteiger partial charge on any atom is 0.246 e. The number of carbonyl (C=O) groups excluding carboxylic acids is 1. The molecule has 1 aliphatic carbocycles. The lowest BCUT2D eigenvalue weighted by molar-refractivity contribution is -0.210. The van der Waals surface area contributed by atoms with Crippen molar-refractivity contribution in [3.8, 4) is 0 Å². The van der Waals surface area contributed by atoms with Crippen LogP contribution in [0.25, 0.3) is 11.0 Å². The molecule has 1 aromatic carbocycles. The van der Waals surface area contributed by atoms with Gasteiger partial charge in [-0.05, 0) is 25.0 Å². The number of fused-ring (bicyclic) bond motifs is 1. The van der Waals surface area contributed by atoms with Gasteiger partial charge in [-0.25, -0.2) is 0 Å². The summed E-state index contributed by atoms with van der Waals surface area (Å²) in [4.78, 5) is 15.9. The first kappa shape index (κ1) is 17.4. The zero-order valence-corrected chi connectivity index (χ0v) is 14.8. The number of amides is 1. The lowest BCUT2D eigenvalue weighted by Crippen LogP contribution is -2.63. The molecule has 26 heavy (non-hydrogen) atoms. The van der Waals surface area contributed by atoms with Crippen LogP contribution in [0, 0.1) is 5.41 Å². The second-order valence-electron chi connectivity index (χ2n) is 7.23. The third-order valence-corrected chi connectivity index (χ3v) is 5.83. The van der Waals surface area contributed by atoms with E-state index in [9.17, 15) is 9.90 Å². The van der Waals surface area contributed by atoms with Gasteiger partial charge >= 0.3 is 0 Å². The van der Waals surface area contributed by atoms with Crippen LogP contribution in [-0.4, -0.2) is 69.4 Å². The average molecular weight is 359 g/mol. The Labute approximate surface area is 151 Å². The van der Waals surface area contributed by atoms with E-state index in [1.165, 1.54) is 4.80 Å². The van der Waals surface area contributed by atoms with E-state index in [-0.39, 0.29) is 30.1 Å². The van der Waals surface area contributed by atoms with Crippen molar-refractivity contribution in [3.05, 3.63) is 24.3 Å². The first-order valence-corrected chi connectivity index (χ1v) is 9.20. The van der Waals surface area contributed by atoms with Crippen LogP contribution >= 0.6 is 0 Å². The average Bonchev–Trinajstić information content (AvgIpc) is 3.07. The van der Waals surface area contributed by atoms with E-state index >= 15 is 0 Å². The highest BCUT2D eigenvalue weighted by Gasteiger charge is 2.56. The Morgan fingerprint density at radius 3 is 2.50 bits per heavy atom. The lowest BCUT2D eigenvalue weighted by Gasteiger charge is -2.56. The predicted octanol–water partition coefficient (Wildman–Crippen LogP) is 0.149. The number of aromatic nitrogens is 3. The van der Waals surface area contributed by atoms with E-state index in [0.29, 0.717) is 32.7 Å². The van der Waals surface area contributed by atoms with Gasteiger partial charge in [0.1, 0.15) is 17.6 Å². The highest BCUT2D eigenvalue weighted by molar-refractivity contribution is 5.77. The molecule has 4 rings (SSSR count). The van der Waals surface area contributed by atoms with Crippen molar-refractivity contribution in [2.45, 2.75) is 38.0 Å². The minimum atomic E-state index is -0.347. The predicted molar refractivity (Wildman–Crippen MR) is 95.2 cm³/mol. The molecule has 1 saturated carbocycles. The number of aliphatic hydroxyl groups excluding tert-OH is 1. The Balaban J connectivity index is 1.36. The molecule has 0 radical (unpaired) electrons. The number of piperidine rings is 1. The highest BCUT2D eigenvalue weighted by atomic mass is 16.5. The fraction of sp³-hybridized carbons (Fsp3) is 0.611. The van der Waals surface area contributed by atoms with Gasteiger partial charge in [0.2, 0.25) is 5.91 Å². The van der Waals surface area contributed by atoms with Gasteiger partial charge in [0.25, 0.3) is 0 Å². The van der Waals surface area contributed by atoms with Crippen molar-refractivity contribution in [1.29, 1.82) is 0 Å². The molecule has 2 aromatic rings. The zero-order chi connectivity index (χ0) is 18.1. The molecule has 1 aromatic heterocycles. The first-order valence-electron chi connectivity index (χ1n) is 9.20. The smallest absolute Gasteiger partial charge is 0.246 e. The van der Waals surface area contributed by atoms with Gasteiger partial charge in [0.05, 0.1) is 18.8 Å². The largest absolute Gasteiger partial charge is 0.392 e. The van der Waals surface area contributed by atoms with Gasteiger partial charge in [-0.2, -0.15) is 15.0 Å². The van der Waals surface area contributed by atoms with Gasteiger partial charge in [-0.1, -0.05) is 12.1 Å². The SMILES string of the molecule is NCCO[C@H]1C[C@@H](O)C12CCN(C(=O)Cn1nc3ccccc3n1)CC2. The number of carbonyl (C=O) groups is 1. The summed E-state index contributed by atoms with van der Waals surface area (Å²) in [6, 6.07) is 7.57. The van der Waals surface area contributed by atoms with E-state index in [1.807, 2.05) is 29.2 Å². The number of nitrogens with two attached hydrogens (primary N) is 1. The molecule has 2 aliphatic rings. The topological polar surface area (TPSA) is 106 Å². The standard InChI is InChI=1S/C18H25N5O3/c19-7-10-26-16-11-15(24)18(16)5-8-22(9-6-18)17(25)12-23-20-13-3-1-2-4-14(13)21-23/h1-4,15-16,24H,5-12,19H2/t15-,16+/m1/s1. The van der Waals surface area contributed by atoms with Crippen molar-refractivity contribution in [2.24, 2.45) is 11.1 Å². The maximum absolute atomic E-state index is 12.6. The fourth-order valence-corrected chi connectivity index (χ4v) is 4.19. The number of rotatable bonds is 5. The highest BCUT2D eigenvalue weighted by Crippen LogP contribution is 2.50. The summed E-state index contributed by atoms with van der Waals surface area (Å²) in [5, 5.41) is 19.0. The van der Waals surface area contributed by atoms with Crippen molar-refractivity contribution in [1.82, 2.24) is 19.9 Å². The zero-order valence-electron chi connectivity index (χ0n) is 14.8. The number of nitrogens with zero attached hydrogens (tertiary/aromatic N) is 4. The lowest BCUT2D eigenvalue weighted by atomic mass is 9.58.